The molecule has 0 aliphatic carbocycles. The Morgan fingerprint density at radius 3 is 2.28 bits per heavy atom. The Kier molecular flexibility index (Phi) is 6.39. The topological polar surface area (TPSA) is 79.5 Å². The summed E-state index contributed by atoms with van der Waals surface area (Å²) in [7, 11) is 0. The number of ether oxygens (including phenoxy) is 1. The second kappa shape index (κ2) is 8.73. The van der Waals surface area contributed by atoms with Crippen LogP contribution in [0.3, 0.4) is 0 Å². The number of aryl methyl sites for hydroxylation is 1. The minimum Gasteiger partial charge on any atom is -0.450 e. The molecule has 1 atom stereocenters. The first-order chi connectivity index (χ1) is 12.0. The summed E-state index contributed by atoms with van der Waals surface area (Å²) >= 11 is 0. The number of rotatable bonds is 6. The van der Waals surface area contributed by atoms with Crippen molar-refractivity contribution in [2.75, 3.05) is 22.6 Å². The molecule has 3 N–H and O–H groups in total. The van der Waals surface area contributed by atoms with E-state index in [4.69, 9.17) is 4.74 Å². The van der Waals surface area contributed by atoms with Gasteiger partial charge in [0.1, 0.15) is 6.04 Å². The number of carbonyl (C=O) groups is 2. The Labute approximate surface area is 147 Å². The summed E-state index contributed by atoms with van der Waals surface area (Å²) in [5.74, 6) is -0.122. The molecule has 25 heavy (non-hydrogen) atoms. The molecule has 2 aromatic carbocycles. The van der Waals surface area contributed by atoms with E-state index in [1.165, 1.54) is 0 Å². The monoisotopic (exact) mass is 341 g/mol. The zero-order valence-electron chi connectivity index (χ0n) is 14.6. The highest BCUT2D eigenvalue weighted by Crippen LogP contribution is 2.16. The number of carbonyl (C=O) groups excluding carboxylic acids is 2. The summed E-state index contributed by atoms with van der Waals surface area (Å²) < 4.78 is 4.82. The van der Waals surface area contributed by atoms with Crippen molar-refractivity contribution >= 4 is 29.1 Å². The van der Waals surface area contributed by atoms with Gasteiger partial charge in [0.25, 0.3) is 0 Å². The number of amides is 2. The molecule has 0 aliphatic heterocycles. The van der Waals surface area contributed by atoms with E-state index in [0.29, 0.717) is 12.3 Å². The van der Waals surface area contributed by atoms with Gasteiger partial charge in [-0.2, -0.15) is 0 Å². The molecule has 2 amide bonds. The molecule has 0 saturated heterocycles. The molecule has 6 nitrogen and oxygen atoms in total. The van der Waals surface area contributed by atoms with E-state index < -0.39 is 12.1 Å². The lowest BCUT2D eigenvalue weighted by atomic mass is 10.2. The van der Waals surface area contributed by atoms with Crippen molar-refractivity contribution in [1.29, 1.82) is 0 Å². The van der Waals surface area contributed by atoms with Crippen molar-refractivity contribution in [3.05, 3.63) is 54.1 Å². The van der Waals surface area contributed by atoms with Crippen molar-refractivity contribution < 1.29 is 14.3 Å². The van der Waals surface area contributed by atoms with Crippen molar-refractivity contribution in [2.45, 2.75) is 26.8 Å². The maximum absolute atomic E-state index is 12.3. The maximum Gasteiger partial charge on any atom is 0.411 e. The number of anilines is 3. The first-order valence-corrected chi connectivity index (χ1v) is 8.16. The lowest BCUT2D eigenvalue weighted by molar-refractivity contribution is -0.116. The summed E-state index contributed by atoms with van der Waals surface area (Å²) in [6.45, 7) is 5.80. The third-order valence-corrected chi connectivity index (χ3v) is 3.59. The molecule has 0 fully saturated rings. The molecule has 0 radical (unpaired) electrons. The molecule has 0 aliphatic rings. The molecule has 6 heteroatoms. The van der Waals surface area contributed by atoms with E-state index in [1.807, 2.05) is 31.2 Å². The van der Waals surface area contributed by atoms with Crippen LogP contribution in [0, 0.1) is 6.92 Å². The molecule has 0 heterocycles. The predicted molar refractivity (Wildman–Crippen MR) is 100.0 cm³/mol. The highest BCUT2D eigenvalue weighted by atomic mass is 16.5. The summed E-state index contributed by atoms with van der Waals surface area (Å²) in [4.78, 5) is 23.7. The van der Waals surface area contributed by atoms with Gasteiger partial charge in [-0.25, -0.2) is 4.79 Å². The van der Waals surface area contributed by atoms with Crippen LogP contribution in [0.15, 0.2) is 48.5 Å². The van der Waals surface area contributed by atoms with Crippen LogP contribution in [-0.2, 0) is 9.53 Å². The van der Waals surface area contributed by atoms with E-state index in [0.717, 1.165) is 16.9 Å². The van der Waals surface area contributed by atoms with Gasteiger partial charge in [-0.05, 0) is 56.7 Å². The zero-order valence-corrected chi connectivity index (χ0v) is 14.6. The van der Waals surface area contributed by atoms with Gasteiger partial charge < -0.3 is 15.4 Å². The average molecular weight is 341 g/mol. The van der Waals surface area contributed by atoms with Gasteiger partial charge in [0.05, 0.1) is 6.61 Å². The predicted octanol–water partition coefficient (Wildman–Crippen LogP) is 4.00. The van der Waals surface area contributed by atoms with Crippen LogP contribution in [0.1, 0.15) is 19.4 Å². The smallest absolute Gasteiger partial charge is 0.411 e. The standard InChI is InChI=1S/C19H23N3O3/c1-4-25-19(24)21-16-11-9-15(10-12-16)20-14(3)18(23)22-17-8-6-5-7-13(17)2/h5-12,14,20H,4H2,1-3H3,(H,21,24)(H,22,23). The highest BCUT2D eigenvalue weighted by molar-refractivity contribution is 5.96. The Balaban J connectivity index is 1.91. The summed E-state index contributed by atoms with van der Waals surface area (Å²) in [6, 6.07) is 14.3. The molecular formula is C19H23N3O3. The van der Waals surface area contributed by atoms with Crippen LogP contribution in [0.5, 0.6) is 0 Å². The van der Waals surface area contributed by atoms with Gasteiger partial charge in [0, 0.05) is 17.1 Å². The van der Waals surface area contributed by atoms with Gasteiger partial charge in [-0.3, -0.25) is 10.1 Å². The second-order valence-electron chi connectivity index (χ2n) is 5.59. The normalized spacial score (nSPS) is 11.3. The van der Waals surface area contributed by atoms with E-state index in [-0.39, 0.29) is 5.91 Å². The molecule has 1 unspecified atom stereocenters. The van der Waals surface area contributed by atoms with Crippen molar-refractivity contribution in [3.63, 3.8) is 0 Å². The van der Waals surface area contributed by atoms with E-state index in [1.54, 1.807) is 38.1 Å². The van der Waals surface area contributed by atoms with Crippen LogP contribution < -0.4 is 16.0 Å². The van der Waals surface area contributed by atoms with E-state index in [2.05, 4.69) is 16.0 Å². The fourth-order valence-electron chi connectivity index (χ4n) is 2.20. The van der Waals surface area contributed by atoms with Crippen molar-refractivity contribution in [1.82, 2.24) is 0 Å². The summed E-state index contributed by atoms with van der Waals surface area (Å²) in [6.07, 6.45) is -0.491. The Bertz CT molecular complexity index is 729. The van der Waals surface area contributed by atoms with Gasteiger partial charge >= 0.3 is 6.09 Å². The average Bonchev–Trinajstić information content (AvgIpc) is 2.59. The first-order valence-electron chi connectivity index (χ1n) is 8.16. The Morgan fingerprint density at radius 2 is 1.64 bits per heavy atom. The minimum atomic E-state index is -0.491. The molecule has 2 aromatic rings. The lowest BCUT2D eigenvalue weighted by Gasteiger charge is -2.16. The number of hydrogen-bond acceptors (Lipinski definition) is 4. The fraction of sp³-hybridized carbons (Fsp3) is 0.263. The molecule has 0 saturated carbocycles. The number of para-hydroxylation sites is 1. The Morgan fingerprint density at radius 1 is 1.00 bits per heavy atom. The summed E-state index contributed by atoms with van der Waals surface area (Å²) in [5.41, 5.74) is 3.22. The quantitative estimate of drug-likeness (QED) is 0.742. The molecular weight excluding hydrogens is 318 g/mol. The highest BCUT2D eigenvalue weighted by Gasteiger charge is 2.13. The molecule has 132 valence electrons. The summed E-state index contributed by atoms with van der Waals surface area (Å²) in [5, 5.41) is 8.65. The van der Waals surface area contributed by atoms with Crippen LogP contribution in [0.2, 0.25) is 0 Å². The SMILES string of the molecule is CCOC(=O)Nc1ccc(NC(C)C(=O)Nc2ccccc2C)cc1. The second-order valence-corrected chi connectivity index (χ2v) is 5.59. The zero-order chi connectivity index (χ0) is 18.2. The molecule has 0 bridgehead atoms. The van der Waals surface area contributed by atoms with Crippen LogP contribution >= 0.6 is 0 Å². The number of benzene rings is 2. The number of nitrogens with one attached hydrogen (secondary N) is 3. The van der Waals surface area contributed by atoms with Gasteiger partial charge in [0.2, 0.25) is 5.91 Å². The maximum atomic E-state index is 12.3. The van der Waals surface area contributed by atoms with Crippen LogP contribution in [0.4, 0.5) is 21.9 Å². The Hall–Kier alpha value is -3.02. The van der Waals surface area contributed by atoms with Crippen molar-refractivity contribution in [3.8, 4) is 0 Å². The third kappa shape index (κ3) is 5.53. The lowest BCUT2D eigenvalue weighted by Crippen LogP contribution is -2.32. The minimum absolute atomic E-state index is 0.122. The molecule has 0 spiro atoms. The van der Waals surface area contributed by atoms with Crippen LogP contribution in [0.25, 0.3) is 0 Å². The fourth-order valence-corrected chi connectivity index (χ4v) is 2.20. The molecule has 2 rings (SSSR count). The number of hydrogen-bond donors (Lipinski definition) is 3. The van der Waals surface area contributed by atoms with Gasteiger partial charge in [-0.15, -0.1) is 0 Å². The third-order valence-electron chi connectivity index (χ3n) is 3.59. The van der Waals surface area contributed by atoms with E-state index >= 15 is 0 Å². The van der Waals surface area contributed by atoms with E-state index in [9.17, 15) is 9.59 Å². The first kappa shape index (κ1) is 18.3. The molecule has 0 aromatic heterocycles. The van der Waals surface area contributed by atoms with Gasteiger partial charge in [-0.1, -0.05) is 18.2 Å². The largest absolute Gasteiger partial charge is 0.450 e. The van der Waals surface area contributed by atoms with Gasteiger partial charge in [0.15, 0.2) is 0 Å². The van der Waals surface area contributed by atoms with Crippen LogP contribution in [-0.4, -0.2) is 24.6 Å². The van der Waals surface area contributed by atoms with Crippen molar-refractivity contribution in [2.24, 2.45) is 0 Å².